The molecule has 2 aromatic rings. The second-order valence-corrected chi connectivity index (χ2v) is 7.89. The summed E-state index contributed by atoms with van der Waals surface area (Å²) in [6.07, 6.45) is 1.73. The number of amidine groups is 2. The van der Waals surface area contributed by atoms with Gasteiger partial charge >= 0.3 is 0 Å². The molecule has 4 rings (SSSR count). The zero-order valence-corrected chi connectivity index (χ0v) is 17.5. The number of aliphatic imine (C=N–C) groups is 1. The molecule has 8 heteroatoms. The number of rotatable bonds is 4. The lowest BCUT2D eigenvalue weighted by Crippen LogP contribution is -2.35. The number of aryl methyl sites for hydroxylation is 1. The molecule has 1 amide bonds. The summed E-state index contributed by atoms with van der Waals surface area (Å²) in [6, 6.07) is 9.90. The quantitative estimate of drug-likeness (QED) is 0.773. The van der Waals surface area contributed by atoms with Crippen molar-refractivity contribution in [2.45, 2.75) is 27.7 Å². The van der Waals surface area contributed by atoms with Crippen LogP contribution >= 0.6 is 11.8 Å². The van der Waals surface area contributed by atoms with Crippen LogP contribution in [0.5, 0.6) is 5.75 Å². The molecule has 1 aromatic carbocycles. The van der Waals surface area contributed by atoms with E-state index in [0.717, 1.165) is 33.4 Å². The maximum atomic E-state index is 12.5. The summed E-state index contributed by atoms with van der Waals surface area (Å²) in [7, 11) is 0. The van der Waals surface area contributed by atoms with Crippen molar-refractivity contribution < 1.29 is 9.53 Å². The van der Waals surface area contributed by atoms with Crippen LogP contribution in [0.4, 0.5) is 0 Å². The lowest BCUT2D eigenvalue weighted by molar-refractivity contribution is -0.114. The fourth-order valence-corrected chi connectivity index (χ4v) is 4.17. The molecule has 29 heavy (non-hydrogen) atoms. The van der Waals surface area contributed by atoms with Crippen molar-refractivity contribution in [2.24, 2.45) is 10.1 Å². The van der Waals surface area contributed by atoms with Crippen LogP contribution in [-0.2, 0) is 4.79 Å². The van der Waals surface area contributed by atoms with Gasteiger partial charge in [0.25, 0.3) is 5.91 Å². The standard InChI is InChI=1S/C21H21N5O2S/c1-5-28-17-8-6-16(7-9-17)25-12(2)10-15(13(25)3)11-18-19(22)26-21(23-20(18)27)29-14(4)24-26/h6-11,22H,5H2,1-4H3. The normalized spacial score (nSPS) is 17.5. The SMILES string of the molecule is CCOc1ccc(-n2c(C)cc(C=C3C(=N)N4N=C(C)SC4=NC3=O)c2C)cc1. The fourth-order valence-electron chi connectivity index (χ4n) is 3.43. The van der Waals surface area contributed by atoms with Gasteiger partial charge in [0.05, 0.1) is 17.2 Å². The van der Waals surface area contributed by atoms with E-state index >= 15 is 0 Å². The molecule has 1 N–H and O–H groups in total. The van der Waals surface area contributed by atoms with E-state index in [1.165, 1.54) is 16.8 Å². The van der Waals surface area contributed by atoms with Gasteiger partial charge in [-0.05, 0) is 81.4 Å². The van der Waals surface area contributed by atoms with Crippen LogP contribution in [0.15, 0.2) is 46.0 Å². The molecule has 0 bridgehead atoms. The second-order valence-electron chi connectivity index (χ2n) is 6.73. The summed E-state index contributed by atoms with van der Waals surface area (Å²) in [4.78, 5) is 16.6. The van der Waals surface area contributed by atoms with E-state index in [2.05, 4.69) is 14.7 Å². The summed E-state index contributed by atoms with van der Waals surface area (Å²) in [5, 5.41) is 15.3. The molecule has 0 saturated carbocycles. The molecule has 0 fully saturated rings. The zero-order chi connectivity index (χ0) is 20.7. The summed E-state index contributed by atoms with van der Waals surface area (Å²) in [5.74, 6) is 0.468. The minimum Gasteiger partial charge on any atom is -0.494 e. The molecule has 0 atom stereocenters. The fraction of sp³-hybridized carbons (Fsp3) is 0.238. The zero-order valence-electron chi connectivity index (χ0n) is 16.7. The van der Waals surface area contributed by atoms with Crippen LogP contribution in [0.1, 0.15) is 30.8 Å². The van der Waals surface area contributed by atoms with Gasteiger partial charge in [-0.1, -0.05) is 0 Å². The van der Waals surface area contributed by atoms with Crippen molar-refractivity contribution in [3.05, 3.63) is 52.9 Å². The minimum atomic E-state index is -0.412. The van der Waals surface area contributed by atoms with Gasteiger partial charge in [-0.3, -0.25) is 10.2 Å². The Morgan fingerprint density at radius 1 is 1.21 bits per heavy atom. The van der Waals surface area contributed by atoms with E-state index < -0.39 is 5.91 Å². The number of nitrogens with zero attached hydrogens (tertiary/aromatic N) is 4. The molecule has 2 aliphatic heterocycles. The first-order valence-electron chi connectivity index (χ1n) is 9.28. The number of benzene rings is 1. The van der Waals surface area contributed by atoms with Gasteiger partial charge in [0, 0.05) is 17.1 Å². The van der Waals surface area contributed by atoms with Gasteiger partial charge in [0.15, 0.2) is 5.84 Å². The van der Waals surface area contributed by atoms with Crippen molar-refractivity contribution in [3.8, 4) is 11.4 Å². The van der Waals surface area contributed by atoms with E-state index in [4.69, 9.17) is 10.1 Å². The largest absolute Gasteiger partial charge is 0.494 e. The van der Waals surface area contributed by atoms with Crippen LogP contribution in [0.25, 0.3) is 11.8 Å². The van der Waals surface area contributed by atoms with Crippen molar-refractivity contribution in [2.75, 3.05) is 6.61 Å². The molecule has 148 valence electrons. The second kappa shape index (κ2) is 7.36. The van der Waals surface area contributed by atoms with Crippen LogP contribution in [0, 0.1) is 19.3 Å². The molecule has 0 unspecified atom stereocenters. The highest BCUT2D eigenvalue weighted by molar-refractivity contribution is 8.26. The average molecular weight is 407 g/mol. The van der Waals surface area contributed by atoms with Crippen LogP contribution in [0.2, 0.25) is 0 Å². The number of amides is 1. The summed E-state index contributed by atoms with van der Waals surface area (Å²) in [6.45, 7) is 8.42. The average Bonchev–Trinajstić information content (AvgIpc) is 3.18. The molecule has 2 aliphatic rings. The molecule has 7 nitrogen and oxygen atoms in total. The Labute approximate surface area is 173 Å². The monoisotopic (exact) mass is 407 g/mol. The molecule has 1 aromatic heterocycles. The van der Waals surface area contributed by atoms with Crippen molar-refractivity contribution in [3.63, 3.8) is 0 Å². The number of hydrazone groups is 1. The highest BCUT2D eigenvalue weighted by Crippen LogP contribution is 2.29. The van der Waals surface area contributed by atoms with E-state index in [-0.39, 0.29) is 11.4 Å². The third kappa shape index (κ3) is 3.40. The van der Waals surface area contributed by atoms with Gasteiger partial charge in [-0.15, -0.1) is 0 Å². The molecular weight excluding hydrogens is 386 g/mol. The lowest BCUT2D eigenvalue weighted by Gasteiger charge is -2.20. The Balaban J connectivity index is 1.71. The smallest absolute Gasteiger partial charge is 0.283 e. The number of hydrogen-bond acceptors (Lipinski definition) is 5. The highest BCUT2D eigenvalue weighted by Gasteiger charge is 2.34. The number of carbonyl (C=O) groups excluding carboxylic acids is 1. The first-order valence-corrected chi connectivity index (χ1v) is 10.1. The Morgan fingerprint density at radius 2 is 1.93 bits per heavy atom. The lowest BCUT2D eigenvalue weighted by atomic mass is 10.1. The topological polar surface area (TPSA) is 83.0 Å². The predicted molar refractivity (Wildman–Crippen MR) is 117 cm³/mol. The summed E-state index contributed by atoms with van der Waals surface area (Å²) < 4.78 is 7.63. The number of ether oxygens (including phenoxy) is 1. The van der Waals surface area contributed by atoms with Gasteiger partial charge in [-0.2, -0.15) is 15.1 Å². The predicted octanol–water partition coefficient (Wildman–Crippen LogP) is 4.13. The van der Waals surface area contributed by atoms with Gasteiger partial charge in [0.1, 0.15) is 5.75 Å². The van der Waals surface area contributed by atoms with Crippen LogP contribution < -0.4 is 4.74 Å². The number of hydrogen-bond donors (Lipinski definition) is 1. The van der Waals surface area contributed by atoms with E-state index in [1.54, 1.807) is 6.08 Å². The van der Waals surface area contributed by atoms with Crippen LogP contribution in [0.3, 0.4) is 0 Å². The van der Waals surface area contributed by atoms with E-state index in [0.29, 0.717) is 11.8 Å². The Bertz CT molecular complexity index is 1110. The summed E-state index contributed by atoms with van der Waals surface area (Å²) >= 11 is 1.30. The van der Waals surface area contributed by atoms with Crippen molar-refractivity contribution >= 4 is 39.8 Å². The Morgan fingerprint density at radius 3 is 2.62 bits per heavy atom. The molecule has 0 saturated heterocycles. The molecular formula is C21H21N5O2S. The van der Waals surface area contributed by atoms with E-state index in [1.807, 2.05) is 58.0 Å². The number of fused-ring (bicyclic) bond motifs is 1. The maximum absolute atomic E-state index is 12.5. The highest BCUT2D eigenvalue weighted by atomic mass is 32.2. The number of nitrogens with one attached hydrogen (secondary N) is 1. The molecule has 0 spiro atoms. The maximum Gasteiger partial charge on any atom is 0.283 e. The molecule has 0 radical (unpaired) electrons. The number of carbonyl (C=O) groups is 1. The number of thioether (sulfide) groups is 1. The van der Waals surface area contributed by atoms with Gasteiger partial charge in [0.2, 0.25) is 5.17 Å². The Kier molecular flexibility index (Phi) is 4.87. The van der Waals surface area contributed by atoms with Crippen molar-refractivity contribution in [1.29, 1.82) is 5.41 Å². The molecule has 0 aliphatic carbocycles. The van der Waals surface area contributed by atoms with Crippen molar-refractivity contribution in [1.82, 2.24) is 9.58 Å². The third-order valence-electron chi connectivity index (χ3n) is 4.73. The minimum absolute atomic E-state index is 0.0511. The van der Waals surface area contributed by atoms with Gasteiger partial charge < -0.3 is 9.30 Å². The first-order chi connectivity index (χ1) is 13.9. The molecule has 3 heterocycles. The van der Waals surface area contributed by atoms with Crippen LogP contribution in [-0.4, -0.2) is 38.1 Å². The van der Waals surface area contributed by atoms with E-state index in [9.17, 15) is 4.79 Å². The summed E-state index contributed by atoms with van der Waals surface area (Å²) in [5.41, 5.74) is 4.12. The first kappa shape index (κ1) is 19.2. The van der Waals surface area contributed by atoms with Gasteiger partial charge in [-0.25, -0.2) is 0 Å². The number of aromatic nitrogens is 1. The third-order valence-corrected chi connectivity index (χ3v) is 5.56. The Hall–Kier alpha value is -3.13.